The molecule has 15 amide bonds. The molecule has 3 aliphatic heterocycles. The first kappa shape index (κ1) is 104. The molecule has 5 aromatic carbocycles. The Balaban J connectivity index is 1.14. The van der Waals surface area contributed by atoms with Crippen molar-refractivity contribution in [3.05, 3.63) is 173 Å². The molecule has 38 nitrogen and oxygen atoms in total. The Bertz CT molecular complexity index is 5190. The van der Waals surface area contributed by atoms with Gasteiger partial charge in [-0.15, -0.1) is 11.8 Å². The Hall–Kier alpha value is -13.5. The van der Waals surface area contributed by atoms with E-state index in [1.54, 1.807) is 98.0 Å². The average molecular weight is 1890 g/mol. The number of aromatic hydroxyl groups is 1. The smallest absolute Gasteiger partial charge is 0.305 e. The number of carboxylic acids is 2. The number of nitrogens with one attached hydrogen (secondary N) is 10. The lowest BCUT2D eigenvalue weighted by Gasteiger charge is -2.38. The van der Waals surface area contributed by atoms with Crippen molar-refractivity contribution in [2.45, 2.75) is 196 Å². The van der Waals surface area contributed by atoms with Crippen LogP contribution in [0.3, 0.4) is 0 Å². The summed E-state index contributed by atoms with van der Waals surface area (Å²) in [6.45, 7) is 2.66. The summed E-state index contributed by atoms with van der Waals surface area (Å²) in [6, 6.07) is 7.91. The maximum absolute atomic E-state index is 15.7. The van der Waals surface area contributed by atoms with Crippen LogP contribution in [0.15, 0.2) is 128 Å². The summed E-state index contributed by atoms with van der Waals surface area (Å²) in [5.41, 5.74) is 13.3. The SMILES string of the molecule is CCCC[C@H]1C(=O)N2CCC[C@@H]2C(=O)N[C@@H](CC(=O)O)C(=O)N[C@@H](C(C)C)C(=O)N(C)[C@@H](Cc2ccccc2)C(=O)N[C@@H](CCC(=O)O)C(=O)N2CCOC[C@@H]2C(=O)N[C@H](Cc2c[nH]c3ccccc23)C(=O)N[C@@H](Cc2ccc(O)cc2)C(=O)N[C@@H](CCCN)C(=O)N[C@H](C(=O)NCC(N)=O)CSCC(=O)N[C@@H](Cc2cc(F)c(F)c(F)c2)C(=O)N(C)[C@@H](Cc2ccccc2)C(=O)N1C. The number of carboxylic acid groups (broad SMARTS) is 2. The number of rotatable bonds is 25. The molecule has 3 saturated heterocycles. The Kier molecular flexibility index (Phi) is 38.7. The van der Waals surface area contributed by atoms with Gasteiger partial charge in [0.25, 0.3) is 0 Å². The highest BCUT2D eigenvalue weighted by Crippen LogP contribution is 2.28. The summed E-state index contributed by atoms with van der Waals surface area (Å²) in [7, 11) is 3.67. The Morgan fingerprint density at radius 2 is 1.09 bits per heavy atom. The average Bonchev–Trinajstić information content (AvgIpc) is 1.41. The number of thioether (sulfide) groups is 1. The van der Waals surface area contributed by atoms with Gasteiger partial charge in [0.05, 0.1) is 31.9 Å². The van der Waals surface area contributed by atoms with Crippen molar-refractivity contribution in [2.75, 3.05) is 72.0 Å². The predicted molar refractivity (Wildman–Crippen MR) is 482 cm³/mol. The van der Waals surface area contributed by atoms with E-state index in [4.69, 9.17) is 16.2 Å². The van der Waals surface area contributed by atoms with E-state index in [9.17, 15) is 58.1 Å². The van der Waals surface area contributed by atoms with Crippen LogP contribution in [0.5, 0.6) is 5.75 Å². The van der Waals surface area contributed by atoms with Crippen molar-refractivity contribution >= 4 is 123 Å². The quantitative estimate of drug-likeness (QED) is 0.0350. The normalized spacial score (nSPS) is 23.5. The van der Waals surface area contributed by atoms with E-state index in [1.165, 1.54) is 59.3 Å². The Morgan fingerprint density at radius 3 is 1.72 bits per heavy atom. The first-order chi connectivity index (χ1) is 63.9. The second-order valence-electron chi connectivity index (χ2n) is 33.6. The molecule has 4 heterocycles. The zero-order valence-electron chi connectivity index (χ0n) is 75.1. The minimum atomic E-state index is -1.98. The predicted octanol–water partition coefficient (Wildman–Crippen LogP) is 0.655. The molecule has 134 heavy (non-hydrogen) atoms. The number of phenolic OH excluding ortho intramolecular Hbond substituents is 1. The van der Waals surface area contributed by atoms with Crippen molar-refractivity contribution < 1.29 is 115 Å². The summed E-state index contributed by atoms with van der Waals surface area (Å²) in [5.74, 6) is -26.1. The third-order valence-electron chi connectivity index (χ3n) is 23.5. The van der Waals surface area contributed by atoms with Gasteiger partial charge in [-0.3, -0.25) is 81.5 Å². The largest absolute Gasteiger partial charge is 0.508 e. The molecule has 0 radical (unpaired) electrons. The number of likely N-dealkylation sites (N-methyl/N-ethyl adjacent to an activating group) is 3. The number of aromatic nitrogens is 1. The second kappa shape index (κ2) is 49.8. The molecule has 722 valence electrons. The number of aliphatic carboxylic acids is 2. The van der Waals surface area contributed by atoms with Crippen molar-refractivity contribution in [2.24, 2.45) is 17.4 Å². The van der Waals surface area contributed by atoms with Crippen LogP contribution in [-0.2, 0) is 118 Å². The van der Waals surface area contributed by atoms with Crippen LogP contribution in [0.2, 0.25) is 0 Å². The number of para-hydroxylation sites is 1. The Morgan fingerprint density at radius 1 is 0.537 bits per heavy atom. The number of halogens is 3. The van der Waals surface area contributed by atoms with Gasteiger partial charge in [-0.2, -0.15) is 0 Å². The van der Waals surface area contributed by atoms with E-state index in [2.05, 4.69) is 52.8 Å². The fraction of sp³-hybridized carbons (Fsp3) is 0.467. The number of nitrogens with zero attached hydrogens (tertiary/aromatic N) is 5. The molecule has 13 atom stereocenters. The number of benzene rings is 5. The number of ether oxygens (including phenoxy) is 1. The number of aromatic amines is 1. The molecular formula is C92H116F3N17O21S. The minimum Gasteiger partial charge on any atom is -0.508 e. The summed E-state index contributed by atoms with van der Waals surface area (Å²) in [5, 5.41) is 54.6. The van der Waals surface area contributed by atoms with Crippen molar-refractivity contribution in [3.63, 3.8) is 0 Å². The molecule has 3 aliphatic rings. The van der Waals surface area contributed by atoms with Crippen molar-refractivity contribution in [1.82, 2.24) is 77.3 Å². The molecule has 9 rings (SSSR count). The lowest BCUT2D eigenvalue weighted by Crippen LogP contribution is -2.64. The van der Waals surface area contributed by atoms with E-state index in [0.717, 1.165) is 24.5 Å². The maximum Gasteiger partial charge on any atom is 0.305 e. The van der Waals surface area contributed by atoms with Gasteiger partial charge in [0.2, 0.25) is 88.6 Å². The van der Waals surface area contributed by atoms with Crippen LogP contribution < -0.4 is 59.3 Å². The molecule has 0 saturated carbocycles. The number of hydrogen-bond acceptors (Lipinski definition) is 21. The fourth-order valence-electron chi connectivity index (χ4n) is 16.1. The van der Waals surface area contributed by atoms with Crippen LogP contribution in [0.4, 0.5) is 13.2 Å². The van der Waals surface area contributed by atoms with E-state index in [1.807, 2.05) is 0 Å². The monoisotopic (exact) mass is 1880 g/mol. The number of amides is 15. The minimum absolute atomic E-state index is 0.00838. The number of unbranched alkanes of at least 4 members (excludes halogenated alkanes) is 1. The summed E-state index contributed by atoms with van der Waals surface area (Å²) in [4.78, 5) is 258. The highest BCUT2D eigenvalue weighted by molar-refractivity contribution is 8.00. The lowest BCUT2D eigenvalue weighted by molar-refractivity contribution is -0.152. The summed E-state index contributed by atoms with van der Waals surface area (Å²) < 4.78 is 50.9. The Labute approximate surface area is 775 Å². The zero-order chi connectivity index (χ0) is 97.7. The molecule has 42 heteroatoms. The number of morpholine rings is 1. The zero-order valence-corrected chi connectivity index (χ0v) is 75.9. The number of phenols is 1. The maximum atomic E-state index is 15.7. The number of H-pyrrole nitrogens is 1. The van der Waals surface area contributed by atoms with Crippen LogP contribution in [0, 0.1) is 23.4 Å². The van der Waals surface area contributed by atoms with E-state index in [0.29, 0.717) is 63.5 Å². The van der Waals surface area contributed by atoms with Crippen molar-refractivity contribution in [3.8, 4) is 5.75 Å². The molecule has 0 unspecified atom stereocenters. The summed E-state index contributed by atoms with van der Waals surface area (Å²) >= 11 is 0.645. The molecule has 17 N–H and O–H groups in total. The summed E-state index contributed by atoms with van der Waals surface area (Å²) in [6.07, 6.45) is -2.57. The second-order valence-corrected chi connectivity index (χ2v) is 34.6. The van der Waals surface area contributed by atoms with Gasteiger partial charge in [-0.25, -0.2) is 13.2 Å². The van der Waals surface area contributed by atoms with Crippen LogP contribution in [-0.4, -0.2) is 296 Å². The number of primary amides is 1. The van der Waals surface area contributed by atoms with Gasteiger partial charge >= 0.3 is 11.9 Å². The molecule has 1 aromatic heterocycles. The topological polar surface area (TPSA) is 552 Å². The number of nitrogens with two attached hydrogens (primary N) is 2. The van der Waals surface area contributed by atoms with Crippen molar-refractivity contribution in [1.29, 1.82) is 0 Å². The van der Waals surface area contributed by atoms with Gasteiger partial charge < -0.3 is 109 Å². The van der Waals surface area contributed by atoms with E-state index >= 15 is 51.9 Å². The van der Waals surface area contributed by atoms with Crippen LogP contribution in [0.25, 0.3) is 10.9 Å². The number of carbonyl (C=O) groups is 17. The third-order valence-corrected chi connectivity index (χ3v) is 24.6. The van der Waals surface area contributed by atoms with E-state index < -0.39 is 259 Å². The van der Waals surface area contributed by atoms with Gasteiger partial charge in [-0.05, 0) is 109 Å². The molecule has 6 aromatic rings. The number of hydrogen-bond donors (Lipinski definition) is 15. The first-order valence-corrected chi connectivity index (χ1v) is 45.2. The van der Waals surface area contributed by atoms with Gasteiger partial charge in [0.15, 0.2) is 17.5 Å². The van der Waals surface area contributed by atoms with Crippen LogP contribution in [0.1, 0.15) is 113 Å². The van der Waals surface area contributed by atoms with Crippen LogP contribution >= 0.6 is 11.8 Å². The highest BCUT2D eigenvalue weighted by Gasteiger charge is 2.46. The number of carbonyl (C=O) groups excluding carboxylic acids is 15. The van der Waals surface area contributed by atoms with Gasteiger partial charge in [0, 0.05) is 95.6 Å². The number of fused-ring (bicyclic) bond motifs is 3. The molecule has 0 aliphatic carbocycles. The molecule has 3 fully saturated rings. The standard InChI is InChI=1S/C92H116F3N17O21S/c1-7-8-26-70-91(131)111-35-18-27-69(111)85(125)105-66(45-77(118)119)84(124)107-79(51(2)3)92(132)109(5)71(42-52-19-11-9-12-20-52)86(126)102-63(32-33-76(116)117)89(129)112-36-37-133-48-73(112)87(127)104-65(44-56-46-98-61-24-16-15-23-58(56)61)83(123)103-64(40-54-28-30-57(113)31-29-54)82(122)101-62(25-17-34-96)81(121)106-68(80(120)99-47-74(97)114)49-134-50-75(115)100-67(41-55-38-59(93)78(95)60(94)39-55)88(128)110(6)72(90(130)108(70)4)43-53-21-13-10-14-22-53/h9-16,19-24,28-31,38-39,46,51,62-73,79,98,113H,7-8,17-18,25-27,32-37,40-45,47-50,96H2,1-6H3,(H2,97,114)(H,99,120)(H,100,115)(H,101,122)(H,102,126)(H,103,123)(H,104,127)(H,105,125)(H,106,121)(H,107,124)(H,116,117)(H,118,119)/t62-,63-,64-,65+,66-,67-,68-,69+,70-,71-,72-,73+,79-/m0/s1. The lowest BCUT2D eigenvalue weighted by atomic mass is 9.98. The molecule has 0 bridgehead atoms. The first-order valence-electron chi connectivity index (χ1n) is 44.1. The van der Waals surface area contributed by atoms with E-state index in [-0.39, 0.29) is 95.3 Å². The molecule has 0 spiro atoms. The fourth-order valence-corrected chi connectivity index (χ4v) is 17.0. The molecular weight excluding hydrogens is 1770 g/mol. The van der Waals surface area contributed by atoms with Gasteiger partial charge in [-0.1, -0.05) is 125 Å². The van der Waals surface area contributed by atoms with Gasteiger partial charge in [0.1, 0.15) is 84.3 Å². The third kappa shape index (κ3) is 29.0. The highest BCUT2D eigenvalue weighted by atomic mass is 32.2.